The Hall–Kier alpha value is -0.350. The Bertz CT molecular complexity index is 343. The molecule has 0 radical (unpaired) electrons. The van der Waals surface area contributed by atoms with Crippen molar-refractivity contribution in [2.24, 2.45) is 0 Å². The molecule has 1 aliphatic rings. The molecule has 0 aliphatic carbocycles. The van der Waals surface area contributed by atoms with Gasteiger partial charge in [-0.15, -0.1) is 0 Å². The Morgan fingerprint density at radius 3 is 1.95 bits per heavy atom. The van der Waals surface area contributed by atoms with Crippen LogP contribution in [0, 0.1) is 0 Å². The van der Waals surface area contributed by atoms with Crippen LogP contribution in [0.1, 0.15) is 70.8 Å². The number of hydrogen-bond donors (Lipinski definition) is 0. The first-order valence-electron chi connectivity index (χ1n) is 8.64. The van der Waals surface area contributed by atoms with Gasteiger partial charge in [-0.05, 0) is 48.7 Å². The summed E-state index contributed by atoms with van der Waals surface area (Å²) in [6.07, 6.45) is 13.0. The molecule has 1 aromatic rings. The lowest BCUT2D eigenvalue weighted by molar-refractivity contribution is 0.618. The molecule has 20 heavy (non-hydrogen) atoms. The van der Waals surface area contributed by atoms with Gasteiger partial charge in [-0.2, -0.15) is 0 Å². The number of hydrogen-bond acceptors (Lipinski definition) is 0. The fraction of sp³-hybridized carbons (Fsp3) is 0.684. The SMILES string of the molecule is CCCCC1CCC(CCCC)P1Cc1ccccc1. The minimum absolute atomic E-state index is 0.229. The Balaban J connectivity index is 1.99. The number of benzene rings is 1. The van der Waals surface area contributed by atoms with E-state index in [1.807, 2.05) is 0 Å². The molecule has 1 fully saturated rings. The van der Waals surface area contributed by atoms with Crippen molar-refractivity contribution in [3.05, 3.63) is 35.9 Å². The number of unbranched alkanes of at least 4 members (excludes halogenated alkanes) is 2. The normalized spacial score (nSPS) is 26.0. The highest BCUT2D eigenvalue weighted by Gasteiger charge is 2.34. The molecule has 2 rings (SSSR count). The van der Waals surface area contributed by atoms with Crippen molar-refractivity contribution in [3.63, 3.8) is 0 Å². The topological polar surface area (TPSA) is 0 Å². The zero-order chi connectivity index (χ0) is 14.2. The fourth-order valence-electron chi connectivity index (χ4n) is 3.57. The highest BCUT2D eigenvalue weighted by Crippen LogP contribution is 2.60. The van der Waals surface area contributed by atoms with E-state index in [1.165, 1.54) is 57.5 Å². The van der Waals surface area contributed by atoms with Gasteiger partial charge in [-0.3, -0.25) is 0 Å². The van der Waals surface area contributed by atoms with E-state index in [2.05, 4.69) is 44.2 Å². The lowest BCUT2D eigenvalue weighted by Crippen LogP contribution is -2.06. The molecule has 0 nitrogen and oxygen atoms in total. The summed E-state index contributed by atoms with van der Waals surface area (Å²) in [6, 6.07) is 11.3. The first kappa shape index (κ1) is 16.0. The molecule has 1 aliphatic heterocycles. The van der Waals surface area contributed by atoms with Gasteiger partial charge in [0.15, 0.2) is 0 Å². The summed E-state index contributed by atoms with van der Waals surface area (Å²) in [6.45, 7) is 4.67. The third kappa shape index (κ3) is 4.59. The van der Waals surface area contributed by atoms with Crippen molar-refractivity contribution < 1.29 is 0 Å². The van der Waals surface area contributed by atoms with Gasteiger partial charge in [-0.25, -0.2) is 0 Å². The Morgan fingerprint density at radius 1 is 0.900 bits per heavy atom. The highest BCUT2D eigenvalue weighted by atomic mass is 31.1. The Labute approximate surface area is 127 Å². The average molecular weight is 290 g/mol. The smallest absolute Gasteiger partial charge is 0.00681 e. The van der Waals surface area contributed by atoms with Crippen LogP contribution in [0.3, 0.4) is 0 Å². The molecule has 1 heteroatoms. The second kappa shape index (κ2) is 8.83. The third-order valence-electron chi connectivity index (χ3n) is 4.76. The molecule has 0 N–H and O–H groups in total. The number of rotatable bonds is 8. The van der Waals surface area contributed by atoms with Crippen molar-refractivity contribution in [1.82, 2.24) is 0 Å². The molecule has 2 atom stereocenters. The minimum atomic E-state index is 0.229. The minimum Gasteiger partial charge on any atom is -0.0958 e. The van der Waals surface area contributed by atoms with Crippen LogP contribution in [0.15, 0.2) is 30.3 Å². The van der Waals surface area contributed by atoms with Gasteiger partial charge in [0.05, 0.1) is 0 Å². The van der Waals surface area contributed by atoms with Crippen LogP contribution in [-0.2, 0) is 6.16 Å². The lowest BCUT2D eigenvalue weighted by Gasteiger charge is -2.26. The Morgan fingerprint density at radius 2 is 1.45 bits per heavy atom. The van der Waals surface area contributed by atoms with Gasteiger partial charge in [0, 0.05) is 0 Å². The Kier molecular flexibility index (Phi) is 7.08. The molecule has 0 aromatic heterocycles. The molecular weight excluding hydrogens is 259 g/mol. The fourth-order valence-corrected chi connectivity index (χ4v) is 7.30. The predicted molar refractivity (Wildman–Crippen MR) is 92.9 cm³/mol. The molecule has 1 aromatic carbocycles. The van der Waals surface area contributed by atoms with Crippen molar-refractivity contribution in [2.45, 2.75) is 82.7 Å². The van der Waals surface area contributed by atoms with E-state index < -0.39 is 0 Å². The average Bonchev–Trinajstić information content (AvgIpc) is 2.86. The molecule has 0 saturated carbocycles. The van der Waals surface area contributed by atoms with E-state index in [-0.39, 0.29) is 7.92 Å². The van der Waals surface area contributed by atoms with E-state index in [1.54, 1.807) is 5.56 Å². The molecule has 0 spiro atoms. The quantitative estimate of drug-likeness (QED) is 0.474. The van der Waals surface area contributed by atoms with E-state index in [0.717, 1.165) is 11.3 Å². The van der Waals surface area contributed by atoms with Crippen LogP contribution in [0.4, 0.5) is 0 Å². The summed E-state index contributed by atoms with van der Waals surface area (Å²) < 4.78 is 0. The summed E-state index contributed by atoms with van der Waals surface area (Å²) in [7, 11) is 0.229. The molecule has 2 unspecified atom stereocenters. The standard InChI is InChI=1S/C19H31P/c1-3-5-12-18-14-15-19(13-6-4-2)20(18)16-17-10-8-7-9-11-17/h7-11,18-19H,3-6,12-16H2,1-2H3. The molecular formula is C19H31P. The van der Waals surface area contributed by atoms with Gasteiger partial charge in [0.1, 0.15) is 0 Å². The molecule has 112 valence electrons. The van der Waals surface area contributed by atoms with Gasteiger partial charge in [0.2, 0.25) is 0 Å². The zero-order valence-electron chi connectivity index (χ0n) is 13.4. The van der Waals surface area contributed by atoms with Crippen molar-refractivity contribution in [1.29, 1.82) is 0 Å². The summed E-state index contributed by atoms with van der Waals surface area (Å²) in [5.41, 5.74) is 3.71. The van der Waals surface area contributed by atoms with E-state index in [4.69, 9.17) is 0 Å². The van der Waals surface area contributed by atoms with Crippen molar-refractivity contribution >= 4 is 7.92 Å². The summed E-state index contributed by atoms with van der Waals surface area (Å²) >= 11 is 0. The largest absolute Gasteiger partial charge is 0.0958 e. The second-order valence-electron chi connectivity index (χ2n) is 6.33. The monoisotopic (exact) mass is 290 g/mol. The maximum absolute atomic E-state index is 2.34. The van der Waals surface area contributed by atoms with Crippen LogP contribution < -0.4 is 0 Å². The molecule has 0 bridgehead atoms. The first-order valence-corrected chi connectivity index (χ1v) is 10.3. The van der Waals surface area contributed by atoms with Crippen molar-refractivity contribution in [3.8, 4) is 0 Å². The van der Waals surface area contributed by atoms with Crippen LogP contribution in [0.25, 0.3) is 0 Å². The predicted octanol–water partition coefficient (Wildman–Crippen LogP) is 6.58. The summed E-state index contributed by atoms with van der Waals surface area (Å²) in [5.74, 6) is 0. The molecule has 0 amide bonds. The molecule has 1 saturated heterocycles. The van der Waals surface area contributed by atoms with Gasteiger partial charge < -0.3 is 0 Å². The zero-order valence-corrected chi connectivity index (χ0v) is 14.2. The maximum atomic E-state index is 2.34. The maximum Gasteiger partial charge on any atom is -0.00681 e. The highest BCUT2D eigenvalue weighted by molar-refractivity contribution is 7.58. The van der Waals surface area contributed by atoms with E-state index in [9.17, 15) is 0 Å². The van der Waals surface area contributed by atoms with Crippen LogP contribution >= 0.6 is 7.92 Å². The second-order valence-corrected chi connectivity index (χ2v) is 9.13. The van der Waals surface area contributed by atoms with Crippen molar-refractivity contribution in [2.75, 3.05) is 0 Å². The molecule has 1 heterocycles. The third-order valence-corrected chi connectivity index (χ3v) is 8.40. The van der Waals surface area contributed by atoms with Crippen LogP contribution in [0.2, 0.25) is 0 Å². The van der Waals surface area contributed by atoms with Gasteiger partial charge in [0.25, 0.3) is 0 Å². The summed E-state index contributed by atoms with van der Waals surface area (Å²) in [5, 5.41) is 0. The van der Waals surface area contributed by atoms with Crippen LogP contribution in [0.5, 0.6) is 0 Å². The lowest BCUT2D eigenvalue weighted by atomic mass is 10.1. The summed E-state index contributed by atoms with van der Waals surface area (Å²) in [4.78, 5) is 0. The van der Waals surface area contributed by atoms with Gasteiger partial charge >= 0.3 is 0 Å². The van der Waals surface area contributed by atoms with E-state index in [0.29, 0.717) is 0 Å². The first-order chi connectivity index (χ1) is 9.85. The van der Waals surface area contributed by atoms with E-state index >= 15 is 0 Å². The van der Waals surface area contributed by atoms with Gasteiger partial charge in [-0.1, -0.05) is 77.8 Å². The van der Waals surface area contributed by atoms with Crippen LogP contribution in [-0.4, -0.2) is 11.3 Å².